The zero-order valence-electron chi connectivity index (χ0n) is 11.8. The van der Waals surface area contributed by atoms with Crippen LogP contribution >= 0.6 is 0 Å². The number of carbonyl (C=O) groups is 1. The minimum absolute atomic E-state index is 0.0254. The molecule has 0 radical (unpaired) electrons. The molecule has 20 heavy (non-hydrogen) atoms. The third kappa shape index (κ3) is 3.04. The largest absolute Gasteiger partial charge is 0.369 e. The average molecular weight is 274 g/mol. The van der Waals surface area contributed by atoms with Gasteiger partial charge in [-0.3, -0.25) is 0 Å². The Hall–Kier alpha value is -1.75. The SMILES string of the molecule is O=C(Nc1ccc(N2CCNCC2)cc1)N1CCCC1. The van der Waals surface area contributed by atoms with Gasteiger partial charge in [0.25, 0.3) is 0 Å². The number of nitrogens with one attached hydrogen (secondary N) is 2. The Kier molecular flexibility index (Phi) is 4.06. The number of nitrogens with zero attached hydrogens (tertiary/aromatic N) is 2. The molecule has 1 aromatic carbocycles. The van der Waals surface area contributed by atoms with Crippen LogP contribution in [0.3, 0.4) is 0 Å². The molecule has 0 atom stereocenters. The summed E-state index contributed by atoms with van der Waals surface area (Å²) in [7, 11) is 0. The number of benzene rings is 1. The molecule has 0 bridgehead atoms. The highest BCUT2D eigenvalue weighted by molar-refractivity contribution is 5.89. The predicted molar refractivity (Wildman–Crippen MR) is 81.4 cm³/mol. The first-order valence-electron chi connectivity index (χ1n) is 7.44. The maximum absolute atomic E-state index is 12.0. The van der Waals surface area contributed by atoms with E-state index in [4.69, 9.17) is 0 Å². The highest BCUT2D eigenvalue weighted by Crippen LogP contribution is 2.19. The summed E-state index contributed by atoms with van der Waals surface area (Å²) < 4.78 is 0. The van der Waals surface area contributed by atoms with Crippen molar-refractivity contribution >= 4 is 17.4 Å². The zero-order chi connectivity index (χ0) is 13.8. The lowest BCUT2D eigenvalue weighted by Crippen LogP contribution is -2.43. The van der Waals surface area contributed by atoms with Crippen molar-refractivity contribution in [2.75, 3.05) is 49.5 Å². The number of rotatable bonds is 2. The Morgan fingerprint density at radius 3 is 2.30 bits per heavy atom. The molecular formula is C15H22N4O. The van der Waals surface area contributed by atoms with Crippen LogP contribution in [0.5, 0.6) is 0 Å². The molecule has 2 heterocycles. The molecule has 1 aromatic rings. The van der Waals surface area contributed by atoms with Gasteiger partial charge in [-0.15, -0.1) is 0 Å². The fourth-order valence-electron chi connectivity index (χ4n) is 2.80. The molecular weight excluding hydrogens is 252 g/mol. The molecule has 0 aliphatic carbocycles. The number of hydrogen-bond acceptors (Lipinski definition) is 3. The molecule has 2 aliphatic heterocycles. The molecule has 0 unspecified atom stereocenters. The monoisotopic (exact) mass is 274 g/mol. The van der Waals surface area contributed by atoms with Gasteiger partial charge < -0.3 is 20.4 Å². The first kappa shape index (κ1) is 13.2. The predicted octanol–water partition coefficient (Wildman–Crippen LogP) is 1.72. The van der Waals surface area contributed by atoms with Crippen LogP contribution < -0.4 is 15.5 Å². The minimum Gasteiger partial charge on any atom is -0.369 e. The van der Waals surface area contributed by atoms with Gasteiger partial charge in [-0.05, 0) is 37.1 Å². The quantitative estimate of drug-likeness (QED) is 0.863. The van der Waals surface area contributed by atoms with E-state index >= 15 is 0 Å². The summed E-state index contributed by atoms with van der Waals surface area (Å²) in [5.41, 5.74) is 2.10. The maximum atomic E-state index is 12.0. The first-order chi connectivity index (χ1) is 9.83. The van der Waals surface area contributed by atoms with Crippen molar-refractivity contribution in [1.29, 1.82) is 0 Å². The van der Waals surface area contributed by atoms with Crippen LogP contribution in [-0.4, -0.2) is 50.2 Å². The van der Waals surface area contributed by atoms with Crippen molar-refractivity contribution in [3.05, 3.63) is 24.3 Å². The van der Waals surface area contributed by atoms with Gasteiger partial charge in [0.1, 0.15) is 0 Å². The van der Waals surface area contributed by atoms with E-state index in [9.17, 15) is 4.79 Å². The number of hydrogen-bond donors (Lipinski definition) is 2. The topological polar surface area (TPSA) is 47.6 Å². The normalized spacial score (nSPS) is 19.2. The number of urea groups is 1. The average Bonchev–Trinajstić information content (AvgIpc) is 3.03. The van der Waals surface area contributed by atoms with Crippen molar-refractivity contribution in [2.45, 2.75) is 12.8 Å². The molecule has 2 amide bonds. The number of amides is 2. The van der Waals surface area contributed by atoms with Gasteiger partial charge in [0, 0.05) is 50.6 Å². The lowest BCUT2D eigenvalue weighted by Gasteiger charge is -2.29. The van der Waals surface area contributed by atoms with E-state index in [0.29, 0.717) is 0 Å². The fraction of sp³-hybridized carbons (Fsp3) is 0.533. The van der Waals surface area contributed by atoms with Crippen molar-refractivity contribution in [3.63, 3.8) is 0 Å². The summed E-state index contributed by atoms with van der Waals surface area (Å²) in [4.78, 5) is 16.2. The Bertz CT molecular complexity index is 447. The summed E-state index contributed by atoms with van der Waals surface area (Å²) >= 11 is 0. The van der Waals surface area contributed by atoms with Gasteiger partial charge in [0.05, 0.1) is 0 Å². The number of anilines is 2. The van der Waals surface area contributed by atoms with Gasteiger partial charge in [-0.1, -0.05) is 0 Å². The number of carbonyl (C=O) groups excluding carboxylic acids is 1. The number of piperazine rings is 1. The molecule has 2 saturated heterocycles. The molecule has 0 spiro atoms. The molecule has 2 N–H and O–H groups in total. The van der Waals surface area contributed by atoms with Crippen LogP contribution in [0.25, 0.3) is 0 Å². The van der Waals surface area contributed by atoms with Crippen molar-refractivity contribution in [1.82, 2.24) is 10.2 Å². The highest BCUT2D eigenvalue weighted by atomic mass is 16.2. The summed E-state index contributed by atoms with van der Waals surface area (Å²) in [6, 6.07) is 8.18. The van der Waals surface area contributed by atoms with Crippen LogP contribution in [0, 0.1) is 0 Å². The lowest BCUT2D eigenvalue weighted by atomic mass is 10.2. The van der Waals surface area contributed by atoms with Crippen LogP contribution in [0.15, 0.2) is 24.3 Å². The lowest BCUT2D eigenvalue weighted by molar-refractivity contribution is 0.222. The molecule has 5 nitrogen and oxygen atoms in total. The zero-order valence-corrected chi connectivity index (χ0v) is 11.8. The van der Waals surface area contributed by atoms with Gasteiger partial charge in [0.15, 0.2) is 0 Å². The van der Waals surface area contributed by atoms with Crippen molar-refractivity contribution in [3.8, 4) is 0 Å². The second-order valence-corrected chi connectivity index (χ2v) is 5.41. The first-order valence-corrected chi connectivity index (χ1v) is 7.44. The molecule has 2 fully saturated rings. The van der Waals surface area contributed by atoms with E-state index in [2.05, 4.69) is 27.7 Å². The molecule has 3 rings (SSSR count). The Morgan fingerprint density at radius 2 is 1.65 bits per heavy atom. The van der Waals surface area contributed by atoms with Crippen LogP contribution in [0.4, 0.5) is 16.2 Å². The van der Waals surface area contributed by atoms with Gasteiger partial charge >= 0.3 is 6.03 Å². The number of likely N-dealkylation sites (tertiary alicyclic amines) is 1. The van der Waals surface area contributed by atoms with E-state index in [0.717, 1.165) is 57.8 Å². The highest BCUT2D eigenvalue weighted by Gasteiger charge is 2.17. The third-order valence-electron chi connectivity index (χ3n) is 3.99. The van der Waals surface area contributed by atoms with E-state index in [-0.39, 0.29) is 6.03 Å². The van der Waals surface area contributed by atoms with E-state index in [1.165, 1.54) is 5.69 Å². The molecule has 0 aromatic heterocycles. The summed E-state index contributed by atoms with van der Waals surface area (Å²) in [5, 5.41) is 6.32. The van der Waals surface area contributed by atoms with Gasteiger partial charge in [-0.25, -0.2) is 4.79 Å². The summed E-state index contributed by atoms with van der Waals surface area (Å²) in [5.74, 6) is 0. The van der Waals surface area contributed by atoms with E-state index < -0.39 is 0 Å². The van der Waals surface area contributed by atoms with Gasteiger partial charge in [-0.2, -0.15) is 0 Å². The molecule has 108 valence electrons. The Labute approximate surface area is 119 Å². The van der Waals surface area contributed by atoms with Crippen molar-refractivity contribution in [2.24, 2.45) is 0 Å². The third-order valence-corrected chi connectivity index (χ3v) is 3.99. The standard InChI is InChI=1S/C15H22N4O/c20-15(19-9-1-2-10-19)17-13-3-5-14(6-4-13)18-11-7-16-8-12-18/h3-6,16H,1-2,7-12H2,(H,17,20). The van der Waals surface area contributed by atoms with Crippen molar-refractivity contribution < 1.29 is 4.79 Å². The maximum Gasteiger partial charge on any atom is 0.321 e. The van der Waals surface area contributed by atoms with E-state index in [1.807, 2.05) is 17.0 Å². The van der Waals surface area contributed by atoms with Crippen LogP contribution in [-0.2, 0) is 0 Å². The molecule has 5 heteroatoms. The second-order valence-electron chi connectivity index (χ2n) is 5.41. The van der Waals surface area contributed by atoms with Crippen LogP contribution in [0.2, 0.25) is 0 Å². The summed E-state index contributed by atoms with van der Waals surface area (Å²) in [6.45, 7) is 5.91. The Morgan fingerprint density at radius 1 is 1.00 bits per heavy atom. The van der Waals surface area contributed by atoms with Crippen LogP contribution in [0.1, 0.15) is 12.8 Å². The summed E-state index contributed by atoms with van der Waals surface area (Å²) in [6.07, 6.45) is 2.24. The smallest absolute Gasteiger partial charge is 0.321 e. The minimum atomic E-state index is 0.0254. The second kappa shape index (κ2) is 6.13. The Balaban J connectivity index is 1.59. The molecule has 0 saturated carbocycles. The fourth-order valence-corrected chi connectivity index (χ4v) is 2.80. The molecule has 2 aliphatic rings. The van der Waals surface area contributed by atoms with E-state index in [1.54, 1.807) is 0 Å². The van der Waals surface area contributed by atoms with Gasteiger partial charge in [0.2, 0.25) is 0 Å².